The fourth-order valence-electron chi connectivity index (χ4n) is 3.82. The number of hydrogen-bond donors (Lipinski definition) is 4. The summed E-state index contributed by atoms with van der Waals surface area (Å²) in [5, 5.41) is 27.1. The molecule has 0 aliphatic rings. The van der Waals surface area contributed by atoms with Gasteiger partial charge in [0.1, 0.15) is 5.82 Å². The Balaban J connectivity index is 2.21. The van der Waals surface area contributed by atoms with E-state index in [9.17, 15) is 14.6 Å². The molecule has 2 aromatic rings. The quantitative estimate of drug-likeness (QED) is 0.421. The summed E-state index contributed by atoms with van der Waals surface area (Å²) in [6.45, 7) is 0.746. The van der Waals surface area contributed by atoms with E-state index in [1.165, 1.54) is 12.1 Å². The number of benzene rings is 2. The second-order valence-electron chi connectivity index (χ2n) is 7.09. The predicted octanol–water partition coefficient (Wildman–Crippen LogP) is 3.40. The summed E-state index contributed by atoms with van der Waals surface area (Å²) in [6, 6.07) is 14.2. The summed E-state index contributed by atoms with van der Waals surface area (Å²) in [4.78, 5) is 0. The van der Waals surface area contributed by atoms with E-state index in [2.05, 4.69) is 38.7 Å². The third kappa shape index (κ3) is 6.36. The first kappa shape index (κ1) is 23.0. The van der Waals surface area contributed by atoms with E-state index < -0.39 is 6.10 Å². The van der Waals surface area contributed by atoms with Gasteiger partial charge in [-0.3, -0.25) is 0 Å². The van der Waals surface area contributed by atoms with Gasteiger partial charge in [0.2, 0.25) is 0 Å². The number of likely N-dealkylation sites (N-methyl/N-ethyl adjacent to an activating group) is 2. The van der Waals surface area contributed by atoms with Crippen molar-refractivity contribution in [3.05, 3.63) is 69.9 Å². The van der Waals surface area contributed by atoms with Crippen molar-refractivity contribution >= 4 is 15.9 Å². The summed E-state index contributed by atoms with van der Waals surface area (Å²) in [6.07, 6.45) is 0.425. The van der Waals surface area contributed by atoms with Crippen molar-refractivity contribution in [1.82, 2.24) is 10.6 Å². The van der Waals surface area contributed by atoms with Gasteiger partial charge >= 0.3 is 0 Å². The average molecular weight is 453 g/mol. The molecule has 4 nitrogen and oxygen atoms in total. The molecule has 6 heteroatoms. The lowest BCUT2D eigenvalue weighted by atomic mass is 9.82. The van der Waals surface area contributed by atoms with E-state index in [-0.39, 0.29) is 30.3 Å². The first-order valence-electron chi connectivity index (χ1n) is 9.61. The van der Waals surface area contributed by atoms with Gasteiger partial charge in [-0.25, -0.2) is 4.39 Å². The Labute approximate surface area is 175 Å². The highest BCUT2D eigenvalue weighted by atomic mass is 79.9. The van der Waals surface area contributed by atoms with Gasteiger partial charge in [0, 0.05) is 29.6 Å². The fraction of sp³-hybridized carbons (Fsp3) is 0.455. The second-order valence-corrected chi connectivity index (χ2v) is 8.01. The lowest BCUT2D eigenvalue weighted by Gasteiger charge is -2.33. The van der Waals surface area contributed by atoms with Crippen LogP contribution in [0.5, 0.6) is 0 Å². The minimum Gasteiger partial charge on any atom is -0.396 e. The zero-order valence-electron chi connectivity index (χ0n) is 16.4. The van der Waals surface area contributed by atoms with Crippen LogP contribution in [0.1, 0.15) is 35.8 Å². The van der Waals surface area contributed by atoms with Crippen molar-refractivity contribution in [1.29, 1.82) is 0 Å². The monoisotopic (exact) mass is 452 g/mol. The summed E-state index contributed by atoms with van der Waals surface area (Å²) in [7, 11) is 3.72. The van der Waals surface area contributed by atoms with Gasteiger partial charge < -0.3 is 20.8 Å². The molecule has 0 aliphatic heterocycles. The Bertz CT molecular complexity index is 697. The van der Waals surface area contributed by atoms with Crippen LogP contribution in [0.3, 0.4) is 0 Å². The zero-order valence-corrected chi connectivity index (χ0v) is 18.0. The molecule has 0 amide bonds. The van der Waals surface area contributed by atoms with Gasteiger partial charge in [0.25, 0.3) is 0 Å². The Hall–Kier alpha value is -1.31. The maximum atomic E-state index is 13.3. The highest BCUT2D eigenvalue weighted by Crippen LogP contribution is 2.30. The largest absolute Gasteiger partial charge is 0.396 e. The maximum absolute atomic E-state index is 13.3. The highest BCUT2D eigenvalue weighted by Gasteiger charge is 2.30. The molecule has 154 valence electrons. The van der Waals surface area contributed by atoms with Crippen LogP contribution in [-0.2, 0) is 0 Å². The molecule has 0 aromatic heterocycles. The van der Waals surface area contributed by atoms with Crippen molar-refractivity contribution in [2.45, 2.75) is 36.8 Å². The number of halogens is 2. The molecule has 28 heavy (non-hydrogen) atoms. The van der Waals surface area contributed by atoms with Crippen LogP contribution < -0.4 is 10.6 Å². The zero-order chi connectivity index (χ0) is 20.5. The highest BCUT2D eigenvalue weighted by molar-refractivity contribution is 9.10. The number of nitrogens with one attached hydrogen (secondary N) is 2. The minimum atomic E-state index is -0.631. The van der Waals surface area contributed by atoms with Crippen molar-refractivity contribution in [2.75, 3.05) is 27.2 Å². The minimum absolute atomic E-state index is 0.000397. The maximum Gasteiger partial charge on any atom is 0.123 e. The molecule has 0 radical (unpaired) electrons. The summed E-state index contributed by atoms with van der Waals surface area (Å²) >= 11 is 3.46. The van der Waals surface area contributed by atoms with E-state index in [4.69, 9.17) is 0 Å². The number of rotatable bonds is 11. The van der Waals surface area contributed by atoms with E-state index in [1.807, 2.05) is 26.2 Å². The number of aliphatic hydroxyl groups excluding tert-OH is 2. The first-order chi connectivity index (χ1) is 13.5. The van der Waals surface area contributed by atoms with E-state index in [1.54, 1.807) is 12.1 Å². The summed E-state index contributed by atoms with van der Waals surface area (Å²) < 4.78 is 14.3. The Morgan fingerprint density at radius 2 is 1.61 bits per heavy atom. The molecule has 2 aromatic carbocycles. The van der Waals surface area contributed by atoms with Crippen LogP contribution in [0.2, 0.25) is 0 Å². The molecule has 0 fully saturated rings. The van der Waals surface area contributed by atoms with Gasteiger partial charge in [-0.2, -0.15) is 0 Å². The molecule has 0 saturated heterocycles. The molecule has 0 aliphatic carbocycles. The van der Waals surface area contributed by atoms with Crippen LogP contribution in [0.25, 0.3) is 0 Å². The van der Waals surface area contributed by atoms with Crippen LogP contribution >= 0.6 is 15.9 Å². The fourth-order valence-corrected chi connectivity index (χ4v) is 4.09. The average Bonchev–Trinajstić information content (AvgIpc) is 2.69. The third-order valence-corrected chi connectivity index (χ3v) is 5.77. The van der Waals surface area contributed by atoms with Gasteiger partial charge in [-0.05, 0) is 68.2 Å². The van der Waals surface area contributed by atoms with E-state index in [0.29, 0.717) is 12.8 Å². The van der Waals surface area contributed by atoms with Gasteiger partial charge in [-0.15, -0.1) is 0 Å². The number of aliphatic hydroxyl groups is 2. The standard InChI is InChI=1S/C22H30BrFN2O2/c1-25-14-17(15-3-7-18(23)8-4-15)13-21(28)22(26-2)20(11-12-27)16-5-9-19(24)10-6-16/h3-10,17,20-22,25-28H,11-14H2,1-2H3. The predicted molar refractivity (Wildman–Crippen MR) is 115 cm³/mol. The molecule has 4 N–H and O–H groups in total. The molecule has 4 atom stereocenters. The van der Waals surface area contributed by atoms with Gasteiger partial charge in [0.05, 0.1) is 6.10 Å². The lowest BCUT2D eigenvalue weighted by Crippen LogP contribution is -2.44. The van der Waals surface area contributed by atoms with Crippen molar-refractivity contribution in [3.63, 3.8) is 0 Å². The van der Waals surface area contributed by atoms with Crippen molar-refractivity contribution in [3.8, 4) is 0 Å². The SMILES string of the molecule is CNCC(CC(O)C(NC)C(CCO)c1ccc(F)cc1)c1ccc(Br)cc1. The van der Waals surface area contributed by atoms with E-state index >= 15 is 0 Å². The smallest absolute Gasteiger partial charge is 0.123 e. The molecule has 0 heterocycles. The Kier molecular flexibility index (Phi) is 9.55. The second kappa shape index (κ2) is 11.6. The summed E-state index contributed by atoms with van der Waals surface area (Å²) in [5.41, 5.74) is 2.06. The van der Waals surface area contributed by atoms with Gasteiger partial charge in [0.15, 0.2) is 0 Å². The third-order valence-electron chi connectivity index (χ3n) is 5.24. The Morgan fingerprint density at radius 3 is 2.14 bits per heavy atom. The lowest BCUT2D eigenvalue weighted by molar-refractivity contribution is 0.0951. The molecular formula is C22H30BrFN2O2. The van der Waals surface area contributed by atoms with Crippen LogP contribution in [-0.4, -0.2) is 49.6 Å². The van der Waals surface area contributed by atoms with Crippen LogP contribution in [0, 0.1) is 5.82 Å². The van der Waals surface area contributed by atoms with Crippen LogP contribution in [0.4, 0.5) is 4.39 Å². The topological polar surface area (TPSA) is 64.5 Å². The van der Waals surface area contributed by atoms with Crippen molar-refractivity contribution < 1.29 is 14.6 Å². The molecule has 0 bridgehead atoms. The number of hydrogen-bond acceptors (Lipinski definition) is 4. The molecule has 4 unspecified atom stereocenters. The van der Waals surface area contributed by atoms with Crippen LogP contribution in [0.15, 0.2) is 53.0 Å². The van der Waals surface area contributed by atoms with Crippen molar-refractivity contribution in [2.24, 2.45) is 0 Å². The first-order valence-corrected chi connectivity index (χ1v) is 10.4. The molecule has 0 saturated carbocycles. The molecular weight excluding hydrogens is 423 g/mol. The summed E-state index contributed by atoms with van der Waals surface area (Å²) in [5.74, 6) is -0.268. The van der Waals surface area contributed by atoms with Gasteiger partial charge in [-0.1, -0.05) is 40.2 Å². The molecule has 0 spiro atoms. The molecule has 2 rings (SSSR count). The Morgan fingerprint density at radius 1 is 1.00 bits per heavy atom. The normalized spacial score (nSPS) is 15.8. The van der Waals surface area contributed by atoms with E-state index in [0.717, 1.165) is 22.1 Å².